The average Bonchev–Trinajstić information content (AvgIpc) is 3.03. The van der Waals surface area contributed by atoms with Crippen LogP contribution in [-0.2, 0) is 9.59 Å². The van der Waals surface area contributed by atoms with Gasteiger partial charge in [0, 0.05) is 23.5 Å². The van der Waals surface area contributed by atoms with Gasteiger partial charge >= 0.3 is 0 Å². The van der Waals surface area contributed by atoms with Gasteiger partial charge in [0.1, 0.15) is 23.0 Å². The SMILES string of the molecule is CCC(Oc1ccc(C)cc1C)C(=O)Nc1ccc(C)c(O)c1.CCCCC(Oc1ccc(C)cc1C)C(=O)Nc1ccc(C)c(O)c1. The standard InChI is InChI=1S/C21H27NO3.C19H23NO3/c1-5-6-7-20(25-19-11-8-14(2)12-16(19)4)21(24)22-17-10-9-15(3)18(23)13-17;1-5-17(23-18-9-6-12(2)10-14(18)4)19(22)20-15-8-7-13(3)16(21)11-15/h8-13,20,23H,5-7H2,1-4H3,(H,22,24);6-11,17,21H,5H2,1-4H3,(H,20,22). The second-order valence-corrected chi connectivity index (χ2v) is 12.3. The summed E-state index contributed by atoms with van der Waals surface area (Å²) in [6, 6.07) is 22.0. The summed E-state index contributed by atoms with van der Waals surface area (Å²) in [7, 11) is 0. The molecule has 0 heterocycles. The molecule has 0 fully saturated rings. The van der Waals surface area contributed by atoms with Crippen molar-refractivity contribution >= 4 is 23.2 Å². The van der Waals surface area contributed by atoms with Gasteiger partial charge in [0.15, 0.2) is 12.2 Å². The van der Waals surface area contributed by atoms with Gasteiger partial charge < -0.3 is 30.3 Å². The van der Waals surface area contributed by atoms with Gasteiger partial charge in [-0.05, 0) is 107 Å². The first kappa shape index (κ1) is 37.5. The summed E-state index contributed by atoms with van der Waals surface area (Å²) in [5, 5.41) is 25.2. The molecule has 0 aliphatic rings. The van der Waals surface area contributed by atoms with E-state index >= 15 is 0 Å². The lowest BCUT2D eigenvalue weighted by Crippen LogP contribution is -2.33. The molecule has 4 aromatic rings. The summed E-state index contributed by atoms with van der Waals surface area (Å²) in [5.74, 6) is 1.34. The molecule has 0 saturated carbocycles. The smallest absolute Gasteiger partial charge is 0.265 e. The molecule has 2 amide bonds. The van der Waals surface area contributed by atoms with E-state index in [1.165, 1.54) is 6.07 Å². The number of hydrogen-bond donors (Lipinski definition) is 4. The molecule has 2 atom stereocenters. The van der Waals surface area contributed by atoms with E-state index in [4.69, 9.17) is 9.47 Å². The van der Waals surface area contributed by atoms with Crippen molar-refractivity contribution in [2.75, 3.05) is 10.6 Å². The van der Waals surface area contributed by atoms with Crippen LogP contribution in [0.5, 0.6) is 23.0 Å². The van der Waals surface area contributed by atoms with Crippen LogP contribution in [0.15, 0.2) is 72.8 Å². The van der Waals surface area contributed by atoms with E-state index in [0.29, 0.717) is 30.0 Å². The van der Waals surface area contributed by atoms with E-state index in [9.17, 15) is 19.8 Å². The highest BCUT2D eigenvalue weighted by atomic mass is 16.5. The summed E-state index contributed by atoms with van der Waals surface area (Å²) in [5.41, 5.74) is 7.00. The number of carbonyl (C=O) groups is 2. The van der Waals surface area contributed by atoms with Crippen molar-refractivity contribution in [1.29, 1.82) is 0 Å². The summed E-state index contributed by atoms with van der Waals surface area (Å²) in [6.07, 6.45) is 1.95. The largest absolute Gasteiger partial charge is 0.508 e. The van der Waals surface area contributed by atoms with Gasteiger partial charge in [0.05, 0.1) is 0 Å². The number of ether oxygens (including phenoxy) is 2. The molecule has 4 N–H and O–H groups in total. The third-order valence-electron chi connectivity index (χ3n) is 7.93. The zero-order valence-electron chi connectivity index (χ0n) is 29.4. The number of nitrogens with one attached hydrogen (secondary N) is 2. The summed E-state index contributed by atoms with van der Waals surface area (Å²) >= 11 is 0. The fourth-order valence-corrected chi connectivity index (χ4v) is 4.94. The van der Waals surface area contributed by atoms with Crippen LogP contribution in [0.2, 0.25) is 0 Å². The van der Waals surface area contributed by atoms with Crippen LogP contribution in [-0.4, -0.2) is 34.2 Å². The third kappa shape index (κ3) is 11.1. The number of anilines is 2. The minimum Gasteiger partial charge on any atom is -0.508 e. The second-order valence-electron chi connectivity index (χ2n) is 12.3. The lowest BCUT2D eigenvalue weighted by molar-refractivity contribution is -0.123. The monoisotopic (exact) mass is 654 g/mol. The maximum Gasteiger partial charge on any atom is 0.265 e. The molecule has 0 aliphatic heterocycles. The van der Waals surface area contributed by atoms with E-state index in [1.807, 2.05) is 77.9 Å². The van der Waals surface area contributed by atoms with Crippen LogP contribution in [0.4, 0.5) is 11.4 Å². The molecule has 2 unspecified atom stereocenters. The fraction of sp³-hybridized carbons (Fsp3) is 0.350. The summed E-state index contributed by atoms with van der Waals surface area (Å²) < 4.78 is 11.9. The normalized spacial score (nSPS) is 11.8. The number of aryl methyl sites for hydroxylation is 6. The Balaban J connectivity index is 0.000000261. The van der Waals surface area contributed by atoms with Crippen LogP contribution < -0.4 is 20.1 Å². The number of unbranched alkanes of at least 4 members (excludes halogenated alkanes) is 1. The number of phenolic OH excluding ortho intramolecular Hbond substituents is 2. The molecule has 0 aromatic heterocycles. The average molecular weight is 655 g/mol. The van der Waals surface area contributed by atoms with E-state index in [0.717, 1.165) is 52.0 Å². The van der Waals surface area contributed by atoms with Crippen molar-refractivity contribution in [3.8, 4) is 23.0 Å². The Hall–Kier alpha value is -4.98. The lowest BCUT2D eigenvalue weighted by Gasteiger charge is -2.20. The van der Waals surface area contributed by atoms with Gasteiger partial charge in [-0.1, -0.05) is 67.8 Å². The van der Waals surface area contributed by atoms with E-state index in [1.54, 1.807) is 37.3 Å². The maximum atomic E-state index is 12.7. The molecule has 48 heavy (non-hydrogen) atoms. The van der Waals surface area contributed by atoms with E-state index in [-0.39, 0.29) is 23.3 Å². The van der Waals surface area contributed by atoms with E-state index < -0.39 is 12.2 Å². The Morgan fingerprint density at radius 1 is 0.604 bits per heavy atom. The van der Waals surface area contributed by atoms with Gasteiger partial charge in [-0.25, -0.2) is 0 Å². The van der Waals surface area contributed by atoms with Crippen molar-refractivity contribution in [1.82, 2.24) is 0 Å². The maximum absolute atomic E-state index is 12.7. The van der Waals surface area contributed by atoms with Gasteiger partial charge in [-0.3, -0.25) is 9.59 Å². The molecule has 0 bridgehead atoms. The van der Waals surface area contributed by atoms with Crippen LogP contribution >= 0.6 is 0 Å². The quantitative estimate of drug-likeness (QED) is 0.121. The zero-order chi connectivity index (χ0) is 35.4. The fourth-order valence-electron chi connectivity index (χ4n) is 4.94. The minimum atomic E-state index is -0.583. The zero-order valence-corrected chi connectivity index (χ0v) is 29.4. The summed E-state index contributed by atoms with van der Waals surface area (Å²) in [4.78, 5) is 25.1. The number of carbonyl (C=O) groups excluding carboxylic acids is 2. The first-order valence-electron chi connectivity index (χ1n) is 16.5. The highest BCUT2D eigenvalue weighted by molar-refractivity contribution is 5.95. The highest BCUT2D eigenvalue weighted by Gasteiger charge is 2.22. The van der Waals surface area contributed by atoms with Crippen molar-refractivity contribution in [2.45, 2.75) is 93.3 Å². The molecule has 4 aromatic carbocycles. The Bertz CT molecular complexity index is 1700. The molecule has 8 heteroatoms. The van der Waals surface area contributed by atoms with Crippen LogP contribution in [0.1, 0.15) is 72.9 Å². The predicted octanol–water partition coefficient (Wildman–Crippen LogP) is 9.01. The van der Waals surface area contributed by atoms with Gasteiger partial charge in [-0.2, -0.15) is 0 Å². The Kier molecular flexibility index (Phi) is 13.9. The predicted molar refractivity (Wildman–Crippen MR) is 193 cm³/mol. The number of benzene rings is 4. The number of hydrogen-bond acceptors (Lipinski definition) is 6. The number of rotatable bonds is 12. The Labute approximate surface area is 285 Å². The number of amides is 2. The molecule has 0 radical (unpaired) electrons. The van der Waals surface area contributed by atoms with Crippen molar-refractivity contribution in [2.24, 2.45) is 0 Å². The Morgan fingerprint density at radius 3 is 1.44 bits per heavy atom. The Morgan fingerprint density at radius 2 is 1.04 bits per heavy atom. The van der Waals surface area contributed by atoms with Crippen LogP contribution in [0, 0.1) is 41.5 Å². The molecule has 0 aliphatic carbocycles. The van der Waals surface area contributed by atoms with Gasteiger partial charge in [0.2, 0.25) is 0 Å². The van der Waals surface area contributed by atoms with Crippen molar-refractivity contribution in [3.63, 3.8) is 0 Å². The molecule has 0 spiro atoms. The number of phenols is 2. The molecule has 8 nitrogen and oxygen atoms in total. The van der Waals surface area contributed by atoms with Crippen LogP contribution in [0.25, 0.3) is 0 Å². The molecule has 4 rings (SSSR count). The van der Waals surface area contributed by atoms with Crippen molar-refractivity contribution in [3.05, 3.63) is 106 Å². The second kappa shape index (κ2) is 17.8. The first-order valence-corrected chi connectivity index (χ1v) is 16.5. The number of aromatic hydroxyl groups is 2. The lowest BCUT2D eigenvalue weighted by atomic mass is 10.1. The molecule has 0 saturated heterocycles. The third-order valence-corrected chi connectivity index (χ3v) is 7.93. The topological polar surface area (TPSA) is 117 Å². The highest BCUT2D eigenvalue weighted by Crippen LogP contribution is 2.25. The van der Waals surface area contributed by atoms with Crippen LogP contribution in [0.3, 0.4) is 0 Å². The van der Waals surface area contributed by atoms with Gasteiger partial charge in [-0.15, -0.1) is 0 Å². The van der Waals surface area contributed by atoms with Crippen molar-refractivity contribution < 1.29 is 29.3 Å². The first-order chi connectivity index (χ1) is 22.8. The molecule has 256 valence electrons. The molecular weight excluding hydrogens is 604 g/mol. The van der Waals surface area contributed by atoms with E-state index in [2.05, 4.69) is 17.6 Å². The molecular formula is C40H50N2O6. The minimum absolute atomic E-state index is 0.158. The summed E-state index contributed by atoms with van der Waals surface area (Å²) in [6.45, 7) is 15.6. The van der Waals surface area contributed by atoms with Gasteiger partial charge in [0.25, 0.3) is 11.8 Å².